The zero-order chi connectivity index (χ0) is 13.5. The highest BCUT2D eigenvalue weighted by molar-refractivity contribution is 4.78. The number of nitrogens with zero attached hydrogens (tertiary/aromatic N) is 1. The highest BCUT2D eigenvalue weighted by Gasteiger charge is 2.19. The molecule has 1 heterocycles. The van der Waals surface area contributed by atoms with E-state index in [1.165, 1.54) is 32.5 Å². The second-order valence-electron chi connectivity index (χ2n) is 6.66. The van der Waals surface area contributed by atoms with Crippen LogP contribution in [0.1, 0.15) is 47.0 Å². The van der Waals surface area contributed by atoms with Gasteiger partial charge in [0.1, 0.15) is 0 Å². The summed E-state index contributed by atoms with van der Waals surface area (Å²) < 4.78 is 0. The summed E-state index contributed by atoms with van der Waals surface area (Å²) in [6.07, 6.45) is 3.17. The van der Waals surface area contributed by atoms with Gasteiger partial charge in [-0.25, -0.2) is 0 Å². The first-order valence-electron chi connectivity index (χ1n) is 7.61. The van der Waals surface area contributed by atoms with Crippen LogP contribution in [-0.4, -0.2) is 48.3 Å². The van der Waals surface area contributed by atoms with E-state index in [0.717, 1.165) is 18.9 Å². The summed E-state index contributed by atoms with van der Waals surface area (Å²) in [5, 5.41) is 13.4. The maximum Gasteiger partial charge on any atom is 0.0667 e. The third-order valence-electron chi connectivity index (χ3n) is 3.60. The molecule has 0 radical (unpaired) electrons. The van der Waals surface area contributed by atoms with Gasteiger partial charge in [0.2, 0.25) is 0 Å². The van der Waals surface area contributed by atoms with Gasteiger partial charge < -0.3 is 15.3 Å². The maximum absolute atomic E-state index is 9.85. The van der Waals surface area contributed by atoms with Crippen molar-refractivity contribution in [3.05, 3.63) is 0 Å². The van der Waals surface area contributed by atoms with Crippen LogP contribution >= 0.6 is 0 Å². The normalized spacial score (nSPS) is 20.8. The number of piperidine rings is 1. The van der Waals surface area contributed by atoms with Crippen molar-refractivity contribution < 1.29 is 5.11 Å². The van der Waals surface area contributed by atoms with Crippen LogP contribution in [0.5, 0.6) is 0 Å². The molecular weight excluding hydrogens is 224 g/mol. The summed E-state index contributed by atoms with van der Waals surface area (Å²) in [7, 11) is 0. The van der Waals surface area contributed by atoms with Crippen molar-refractivity contribution >= 4 is 0 Å². The largest absolute Gasteiger partial charge is 0.392 e. The number of hydrogen-bond donors (Lipinski definition) is 2. The van der Waals surface area contributed by atoms with E-state index in [9.17, 15) is 5.11 Å². The van der Waals surface area contributed by atoms with Crippen LogP contribution in [-0.2, 0) is 0 Å². The standard InChI is InChI=1S/C15H32N2O/c1-12(2)9-15(18)10-16-14-5-7-17(8-6-14)11-13(3)4/h12-16,18H,5-11H2,1-4H3. The third-order valence-corrected chi connectivity index (χ3v) is 3.60. The molecule has 0 aromatic carbocycles. The summed E-state index contributed by atoms with van der Waals surface area (Å²) in [6, 6.07) is 0.607. The van der Waals surface area contributed by atoms with Gasteiger partial charge in [-0.1, -0.05) is 27.7 Å². The van der Waals surface area contributed by atoms with Gasteiger partial charge in [0.05, 0.1) is 6.10 Å². The molecular formula is C15H32N2O. The van der Waals surface area contributed by atoms with Crippen molar-refractivity contribution in [2.45, 2.75) is 59.1 Å². The predicted octanol–water partition coefficient (Wildman–Crippen LogP) is 2.10. The van der Waals surface area contributed by atoms with Crippen molar-refractivity contribution in [3.8, 4) is 0 Å². The van der Waals surface area contributed by atoms with E-state index in [4.69, 9.17) is 0 Å². The fraction of sp³-hybridized carbons (Fsp3) is 1.00. The minimum atomic E-state index is -0.182. The van der Waals surface area contributed by atoms with Crippen LogP contribution < -0.4 is 5.32 Å². The highest BCUT2D eigenvalue weighted by atomic mass is 16.3. The molecule has 1 unspecified atom stereocenters. The van der Waals surface area contributed by atoms with Crippen LogP contribution in [0.15, 0.2) is 0 Å². The van der Waals surface area contributed by atoms with Crippen LogP contribution in [0.3, 0.4) is 0 Å². The summed E-state index contributed by atoms with van der Waals surface area (Å²) in [4.78, 5) is 2.56. The number of rotatable bonds is 7. The van der Waals surface area contributed by atoms with E-state index in [1.807, 2.05) is 0 Å². The fourth-order valence-electron chi connectivity index (χ4n) is 2.77. The molecule has 1 aliphatic heterocycles. The summed E-state index contributed by atoms with van der Waals surface area (Å²) in [5.74, 6) is 1.34. The Bertz CT molecular complexity index is 211. The van der Waals surface area contributed by atoms with Crippen molar-refractivity contribution in [1.29, 1.82) is 0 Å². The zero-order valence-electron chi connectivity index (χ0n) is 12.7. The molecule has 0 amide bonds. The smallest absolute Gasteiger partial charge is 0.0667 e. The molecule has 3 heteroatoms. The molecule has 0 spiro atoms. The fourth-order valence-corrected chi connectivity index (χ4v) is 2.77. The molecule has 1 saturated heterocycles. The first kappa shape index (κ1) is 15.9. The number of nitrogens with one attached hydrogen (secondary N) is 1. The van der Waals surface area contributed by atoms with Gasteiger partial charge in [-0.2, -0.15) is 0 Å². The second-order valence-corrected chi connectivity index (χ2v) is 6.66. The van der Waals surface area contributed by atoms with E-state index in [2.05, 4.69) is 37.9 Å². The minimum Gasteiger partial charge on any atom is -0.392 e. The van der Waals surface area contributed by atoms with Gasteiger partial charge >= 0.3 is 0 Å². The van der Waals surface area contributed by atoms with Gasteiger partial charge in [0.25, 0.3) is 0 Å². The van der Waals surface area contributed by atoms with Gasteiger partial charge in [-0.15, -0.1) is 0 Å². The van der Waals surface area contributed by atoms with Gasteiger partial charge in [-0.05, 0) is 44.2 Å². The molecule has 3 nitrogen and oxygen atoms in total. The van der Waals surface area contributed by atoms with Crippen molar-refractivity contribution in [2.75, 3.05) is 26.2 Å². The second kappa shape index (κ2) is 8.13. The van der Waals surface area contributed by atoms with Crippen LogP contribution in [0, 0.1) is 11.8 Å². The molecule has 108 valence electrons. The lowest BCUT2D eigenvalue weighted by Gasteiger charge is -2.33. The number of aliphatic hydroxyl groups is 1. The molecule has 18 heavy (non-hydrogen) atoms. The Morgan fingerprint density at radius 2 is 1.72 bits per heavy atom. The molecule has 1 rings (SSSR count). The molecule has 0 aromatic rings. The van der Waals surface area contributed by atoms with E-state index in [-0.39, 0.29) is 6.10 Å². The summed E-state index contributed by atoms with van der Waals surface area (Å²) in [6.45, 7) is 13.3. The predicted molar refractivity (Wildman–Crippen MR) is 77.8 cm³/mol. The van der Waals surface area contributed by atoms with E-state index in [1.54, 1.807) is 0 Å². The zero-order valence-corrected chi connectivity index (χ0v) is 12.7. The Labute approximate surface area is 113 Å². The topological polar surface area (TPSA) is 35.5 Å². The first-order valence-corrected chi connectivity index (χ1v) is 7.61. The lowest BCUT2D eigenvalue weighted by molar-refractivity contribution is 0.129. The Morgan fingerprint density at radius 1 is 1.11 bits per heavy atom. The van der Waals surface area contributed by atoms with E-state index >= 15 is 0 Å². The Hall–Kier alpha value is -0.120. The molecule has 0 aromatic heterocycles. The average Bonchev–Trinajstić information content (AvgIpc) is 2.26. The number of aliphatic hydroxyl groups excluding tert-OH is 1. The highest BCUT2D eigenvalue weighted by Crippen LogP contribution is 2.12. The molecule has 0 saturated carbocycles. The third kappa shape index (κ3) is 6.72. The van der Waals surface area contributed by atoms with Gasteiger partial charge in [0.15, 0.2) is 0 Å². The van der Waals surface area contributed by atoms with E-state index in [0.29, 0.717) is 12.0 Å². The summed E-state index contributed by atoms with van der Waals surface area (Å²) >= 11 is 0. The Kier molecular flexibility index (Phi) is 7.20. The quantitative estimate of drug-likeness (QED) is 0.732. The lowest BCUT2D eigenvalue weighted by Crippen LogP contribution is -2.45. The average molecular weight is 256 g/mol. The Morgan fingerprint density at radius 3 is 2.22 bits per heavy atom. The van der Waals surface area contributed by atoms with E-state index < -0.39 is 0 Å². The van der Waals surface area contributed by atoms with Crippen molar-refractivity contribution in [1.82, 2.24) is 10.2 Å². The molecule has 1 fully saturated rings. The molecule has 0 aliphatic carbocycles. The first-order chi connectivity index (χ1) is 8.47. The van der Waals surface area contributed by atoms with Crippen LogP contribution in [0.25, 0.3) is 0 Å². The van der Waals surface area contributed by atoms with Crippen LogP contribution in [0.4, 0.5) is 0 Å². The molecule has 0 bridgehead atoms. The maximum atomic E-state index is 9.85. The number of likely N-dealkylation sites (tertiary alicyclic amines) is 1. The minimum absolute atomic E-state index is 0.182. The molecule has 1 atom stereocenters. The van der Waals surface area contributed by atoms with Gasteiger partial charge in [0, 0.05) is 19.1 Å². The molecule has 2 N–H and O–H groups in total. The molecule has 1 aliphatic rings. The monoisotopic (exact) mass is 256 g/mol. The number of hydrogen-bond acceptors (Lipinski definition) is 3. The van der Waals surface area contributed by atoms with Gasteiger partial charge in [-0.3, -0.25) is 0 Å². The van der Waals surface area contributed by atoms with Crippen molar-refractivity contribution in [2.24, 2.45) is 11.8 Å². The SMILES string of the molecule is CC(C)CC(O)CNC1CCN(CC(C)C)CC1. The summed E-state index contributed by atoms with van der Waals surface area (Å²) in [5.41, 5.74) is 0. The lowest BCUT2D eigenvalue weighted by atomic mass is 10.0. The van der Waals surface area contributed by atoms with Crippen molar-refractivity contribution in [3.63, 3.8) is 0 Å². The Balaban J connectivity index is 2.12. The van der Waals surface area contributed by atoms with Crippen LogP contribution in [0.2, 0.25) is 0 Å².